The van der Waals surface area contributed by atoms with Crippen LogP contribution in [-0.4, -0.2) is 24.2 Å². The third kappa shape index (κ3) is 3.62. The second-order valence-electron chi connectivity index (χ2n) is 6.39. The van der Waals surface area contributed by atoms with E-state index in [1.54, 1.807) is 6.08 Å². The van der Waals surface area contributed by atoms with Crippen LogP contribution in [-0.2, 0) is 4.79 Å². The normalized spacial score (nSPS) is 18.4. The van der Waals surface area contributed by atoms with Crippen LogP contribution in [0.15, 0.2) is 24.3 Å². The van der Waals surface area contributed by atoms with Gasteiger partial charge in [-0.2, -0.15) is 0 Å². The molecule has 1 saturated heterocycles. The Hall–Kier alpha value is -1.77. The number of carboxylic acids is 1. The van der Waals surface area contributed by atoms with E-state index in [4.69, 9.17) is 5.11 Å². The van der Waals surface area contributed by atoms with Gasteiger partial charge in [-0.3, -0.25) is 0 Å². The summed E-state index contributed by atoms with van der Waals surface area (Å²) in [5.41, 5.74) is 3.70. The Bertz CT molecular complexity index is 522. The van der Waals surface area contributed by atoms with Crippen molar-refractivity contribution in [3.05, 3.63) is 35.4 Å². The average molecular weight is 273 g/mol. The predicted molar refractivity (Wildman–Crippen MR) is 83.1 cm³/mol. The summed E-state index contributed by atoms with van der Waals surface area (Å²) in [5, 5.41) is 8.81. The molecule has 0 amide bonds. The van der Waals surface area contributed by atoms with Gasteiger partial charge in [0, 0.05) is 24.9 Å². The van der Waals surface area contributed by atoms with E-state index in [0.29, 0.717) is 5.41 Å². The molecule has 2 rings (SSSR count). The molecule has 3 heteroatoms. The third-order valence-electron chi connectivity index (χ3n) is 4.05. The van der Waals surface area contributed by atoms with Crippen molar-refractivity contribution in [1.29, 1.82) is 0 Å². The molecule has 108 valence electrons. The van der Waals surface area contributed by atoms with E-state index in [0.717, 1.165) is 29.9 Å². The number of aliphatic carboxylic acids is 1. The van der Waals surface area contributed by atoms with Crippen LogP contribution in [0.1, 0.15) is 37.8 Å². The first-order valence-corrected chi connectivity index (χ1v) is 7.14. The number of carboxylic acid groups (broad SMARTS) is 1. The topological polar surface area (TPSA) is 40.5 Å². The second kappa shape index (κ2) is 5.70. The Balaban J connectivity index is 2.25. The minimum Gasteiger partial charge on any atom is -0.478 e. The Morgan fingerprint density at radius 3 is 2.55 bits per heavy atom. The largest absolute Gasteiger partial charge is 0.478 e. The highest BCUT2D eigenvalue weighted by Gasteiger charge is 2.26. The van der Waals surface area contributed by atoms with Gasteiger partial charge in [0.1, 0.15) is 0 Å². The Labute approximate surface area is 120 Å². The summed E-state index contributed by atoms with van der Waals surface area (Å²) in [6.45, 7) is 8.71. The Morgan fingerprint density at radius 1 is 1.30 bits per heavy atom. The van der Waals surface area contributed by atoms with E-state index in [-0.39, 0.29) is 0 Å². The molecule has 0 aromatic heterocycles. The van der Waals surface area contributed by atoms with Crippen molar-refractivity contribution in [3.63, 3.8) is 0 Å². The van der Waals surface area contributed by atoms with Gasteiger partial charge < -0.3 is 10.0 Å². The van der Waals surface area contributed by atoms with Crippen LogP contribution in [0.25, 0.3) is 6.08 Å². The smallest absolute Gasteiger partial charge is 0.328 e. The lowest BCUT2D eigenvalue weighted by Crippen LogP contribution is -2.37. The minimum atomic E-state index is -0.905. The second-order valence-corrected chi connectivity index (χ2v) is 6.39. The molecule has 1 aliphatic rings. The van der Waals surface area contributed by atoms with Crippen molar-refractivity contribution >= 4 is 17.7 Å². The molecule has 1 heterocycles. The number of anilines is 1. The van der Waals surface area contributed by atoms with Crippen molar-refractivity contribution in [2.24, 2.45) is 5.41 Å². The zero-order chi connectivity index (χ0) is 14.8. The van der Waals surface area contributed by atoms with Gasteiger partial charge in [0.2, 0.25) is 0 Å². The molecule has 1 N–H and O–H groups in total. The van der Waals surface area contributed by atoms with E-state index in [2.05, 4.69) is 36.9 Å². The highest BCUT2D eigenvalue weighted by atomic mass is 16.4. The van der Waals surface area contributed by atoms with Crippen LogP contribution >= 0.6 is 0 Å². The fourth-order valence-electron chi connectivity index (χ4n) is 2.61. The molecule has 0 spiro atoms. The van der Waals surface area contributed by atoms with Gasteiger partial charge in [0.25, 0.3) is 0 Å². The van der Waals surface area contributed by atoms with Crippen molar-refractivity contribution in [1.82, 2.24) is 0 Å². The molecule has 0 radical (unpaired) electrons. The van der Waals surface area contributed by atoms with E-state index < -0.39 is 5.97 Å². The summed E-state index contributed by atoms with van der Waals surface area (Å²) >= 11 is 0. The van der Waals surface area contributed by atoms with Crippen LogP contribution < -0.4 is 4.90 Å². The summed E-state index contributed by atoms with van der Waals surface area (Å²) in [6, 6.07) is 6.25. The average Bonchev–Trinajstić information content (AvgIpc) is 2.37. The fraction of sp³-hybridized carbons (Fsp3) is 0.471. The molecule has 0 saturated carbocycles. The molecular weight excluding hydrogens is 250 g/mol. The first-order valence-electron chi connectivity index (χ1n) is 7.14. The van der Waals surface area contributed by atoms with Gasteiger partial charge in [-0.15, -0.1) is 0 Å². The zero-order valence-corrected chi connectivity index (χ0v) is 12.5. The SMILES string of the molecule is Cc1ccc(N2CCC(C)(C)CC2)c(/C=C/C(=O)O)c1. The molecule has 1 fully saturated rings. The number of hydrogen-bond donors (Lipinski definition) is 1. The van der Waals surface area contributed by atoms with Crippen LogP contribution in [0.4, 0.5) is 5.69 Å². The number of carbonyl (C=O) groups is 1. The van der Waals surface area contributed by atoms with Crippen LogP contribution in [0.3, 0.4) is 0 Å². The summed E-state index contributed by atoms with van der Waals surface area (Å²) in [5.74, 6) is -0.905. The maximum absolute atomic E-state index is 10.7. The van der Waals surface area contributed by atoms with Gasteiger partial charge in [0.15, 0.2) is 0 Å². The van der Waals surface area contributed by atoms with Gasteiger partial charge in [-0.05, 0) is 49.0 Å². The highest BCUT2D eigenvalue weighted by Crippen LogP contribution is 2.34. The summed E-state index contributed by atoms with van der Waals surface area (Å²) in [7, 11) is 0. The lowest BCUT2D eigenvalue weighted by Gasteiger charge is -2.38. The first-order chi connectivity index (χ1) is 9.37. The van der Waals surface area contributed by atoms with Gasteiger partial charge in [-0.25, -0.2) is 4.79 Å². The molecule has 0 unspecified atom stereocenters. The lowest BCUT2D eigenvalue weighted by atomic mass is 9.82. The number of benzene rings is 1. The van der Waals surface area contributed by atoms with E-state index >= 15 is 0 Å². The zero-order valence-electron chi connectivity index (χ0n) is 12.5. The number of rotatable bonds is 3. The molecular formula is C17H23NO2. The molecule has 20 heavy (non-hydrogen) atoms. The summed E-state index contributed by atoms with van der Waals surface area (Å²) in [4.78, 5) is 13.1. The standard InChI is InChI=1S/C17H23NO2/c1-13-4-6-15(14(12-13)5-7-16(19)20)18-10-8-17(2,3)9-11-18/h4-7,12H,8-11H2,1-3H3,(H,19,20)/b7-5+. The Kier molecular flexibility index (Phi) is 4.17. The minimum absolute atomic E-state index is 0.415. The van der Waals surface area contributed by atoms with E-state index in [9.17, 15) is 4.79 Å². The molecule has 0 atom stereocenters. The summed E-state index contributed by atoms with van der Waals surface area (Å²) < 4.78 is 0. The fourth-order valence-corrected chi connectivity index (χ4v) is 2.61. The van der Waals surface area contributed by atoms with Crippen LogP contribution in [0.5, 0.6) is 0 Å². The number of piperidine rings is 1. The maximum atomic E-state index is 10.7. The molecule has 0 aliphatic carbocycles. The summed E-state index contributed by atoms with van der Waals surface area (Å²) in [6.07, 6.45) is 5.25. The van der Waals surface area contributed by atoms with Crippen molar-refractivity contribution in [3.8, 4) is 0 Å². The van der Waals surface area contributed by atoms with E-state index in [1.807, 2.05) is 6.92 Å². The van der Waals surface area contributed by atoms with Crippen LogP contribution in [0, 0.1) is 12.3 Å². The van der Waals surface area contributed by atoms with Gasteiger partial charge in [0.05, 0.1) is 0 Å². The van der Waals surface area contributed by atoms with E-state index in [1.165, 1.54) is 18.9 Å². The highest BCUT2D eigenvalue weighted by molar-refractivity contribution is 5.87. The molecule has 1 aromatic rings. The van der Waals surface area contributed by atoms with Crippen molar-refractivity contribution in [2.45, 2.75) is 33.6 Å². The van der Waals surface area contributed by atoms with Gasteiger partial charge >= 0.3 is 5.97 Å². The molecule has 1 aromatic carbocycles. The lowest BCUT2D eigenvalue weighted by molar-refractivity contribution is -0.131. The number of aryl methyl sites for hydroxylation is 1. The van der Waals surface area contributed by atoms with Crippen molar-refractivity contribution in [2.75, 3.05) is 18.0 Å². The van der Waals surface area contributed by atoms with Gasteiger partial charge in [-0.1, -0.05) is 25.5 Å². The third-order valence-corrected chi connectivity index (χ3v) is 4.05. The predicted octanol–water partition coefficient (Wildman–Crippen LogP) is 3.72. The molecule has 0 bridgehead atoms. The maximum Gasteiger partial charge on any atom is 0.328 e. The first kappa shape index (κ1) is 14.6. The molecule has 3 nitrogen and oxygen atoms in total. The number of nitrogens with zero attached hydrogens (tertiary/aromatic N) is 1. The monoisotopic (exact) mass is 273 g/mol. The van der Waals surface area contributed by atoms with Crippen molar-refractivity contribution < 1.29 is 9.90 Å². The molecule has 1 aliphatic heterocycles. The van der Waals surface area contributed by atoms with Crippen LogP contribution in [0.2, 0.25) is 0 Å². The number of hydrogen-bond acceptors (Lipinski definition) is 2. The Morgan fingerprint density at radius 2 is 1.95 bits per heavy atom. The quantitative estimate of drug-likeness (QED) is 0.853.